The Hall–Kier alpha value is -1.10. The van der Waals surface area contributed by atoms with Crippen molar-refractivity contribution < 1.29 is 9.47 Å². The highest BCUT2D eigenvalue weighted by molar-refractivity contribution is 5.37. The van der Waals surface area contributed by atoms with Gasteiger partial charge in [-0.3, -0.25) is 4.90 Å². The molecule has 1 aliphatic rings. The number of benzene rings is 1. The zero-order chi connectivity index (χ0) is 13.8. The van der Waals surface area contributed by atoms with Gasteiger partial charge in [0.15, 0.2) is 0 Å². The Kier molecular flexibility index (Phi) is 4.80. The van der Waals surface area contributed by atoms with Gasteiger partial charge in [-0.2, -0.15) is 0 Å². The van der Waals surface area contributed by atoms with Crippen molar-refractivity contribution in [2.24, 2.45) is 5.73 Å². The third-order valence-electron chi connectivity index (χ3n) is 4.00. The molecule has 2 rings (SSSR count). The fourth-order valence-corrected chi connectivity index (χ4v) is 2.74. The average Bonchev–Trinajstić information content (AvgIpc) is 2.93. The standard InChI is InChI=1S/C15H24N2O2/c1-11-8-12(4-5-15(11)18-3)14(9-16)17(2)13-6-7-19-10-13/h4-5,8,13-14H,6-7,9-10,16H2,1-3H3. The molecule has 1 aromatic carbocycles. The highest BCUT2D eigenvalue weighted by atomic mass is 16.5. The largest absolute Gasteiger partial charge is 0.496 e. The molecule has 1 aliphatic heterocycles. The number of rotatable bonds is 5. The van der Waals surface area contributed by atoms with Crippen molar-refractivity contribution in [3.8, 4) is 5.75 Å². The van der Waals surface area contributed by atoms with Crippen LogP contribution in [-0.4, -0.2) is 44.9 Å². The molecule has 0 saturated carbocycles. The molecule has 4 heteroatoms. The predicted molar refractivity (Wildman–Crippen MR) is 76.5 cm³/mol. The third-order valence-corrected chi connectivity index (χ3v) is 4.00. The topological polar surface area (TPSA) is 47.7 Å². The normalized spacial score (nSPS) is 20.8. The second-order valence-corrected chi connectivity index (χ2v) is 5.16. The van der Waals surface area contributed by atoms with Crippen molar-refractivity contribution in [2.75, 3.05) is 33.9 Å². The maximum atomic E-state index is 5.98. The van der Waals surface area contributed by atoms with E-state index in [1.165, 1.54) is 5.56 Å². The molecule has 1 saturated heterocycles. The highest BCUT2D eigenvalue weighted by Gasteiger charge is 2.26. The summed E-state index contributed by atoms with van der Waals surface area (Å²) in [6.07, 6.45) is 1.09. The van der Waals surface area contributed by atoms with Crippen LogP contribution in [0, 0.1) is 6.92 Å². The lowest BCUT2D eigenvalue weighted by molar-refractivity contribution is 0.134. The van der Waals surface area contributed by atoms with E-state index in [9.17, 15) is 0 Å². The second kappa shape index (κ2) is 6.37. The number of hydrogen-bond donors (Lipinski definition) is 1. The van der Waals surface area contributed by atoms with Crippen LogP contribution in [0.4, 0.5) is 0 Å². The minimum Gasteiger partial charge on any atom is -0.496 e. The first-order chi connectivity index (χ1) is 9.17. The quantitative estimate of drug-likeness (QED) is 0.880. The third kappa shape index (κ3) is 3.08. The summed E-state index contributed by atoms with van der Waals surface area (Å²) in [5.74, 6) is 0.923. The Balaban J connectivity index is 2.18. The van der Waals surface area contributed by atoms with Gasteiger partial charge in [0.05, 0.1) is 13.7 Å². The maximum absolute atomic E-state index is 5.98. The summed E-state index contributed by atoms with van der Waals surface area (Å²) >= 11 is 0. The predicted octanol–water partition coefficient (Wildman–Crippen LogP) is 1.72. The smallest absolute Gasteiger partial charge is 0.121 e. The fraction of sp³-hybridized carbons (Fsp3) is 0.600. The fourth-order valence-electron chi connectivity index (χ4n) is 2.74. The molecule has 4 nitrogen and oxygen atoms in total. The van der Waals surface area contributed by atoms with Gasteiger partial charge in [0, 0.05) is 25.2 Å². The lowest BCUT2D eigenvalue weighted by Gasteiger charge is -2.32. The number of aryl methyl sites for hydroxylation is 1. The zero-order valence-corrected chi connectivity index (χ0v) is 12.1. The molecular formula is C15H24N2O2. The molecule has 19 heavy (non-hydrogen) atoms. The van der Waals surface area contributed by atoms with Crippen molar-refractivity contribution in [3.63, 3.8) is 0 Å². The van der Waals surface area contributed by atoms with Gasteiger partial charge in [0.1, 0.15) is 5.75 Å². The van der Waals surface area contributed by atoms with Crippen molar-refractivity contribution in [1.82, 2.24) is 4.90 Å². The Morgan fingerprint density at radius 2 is 2.32 bits per heavy atom. The number of nitrogens with zero attached hydrogens (tertiary/aromatic N) is 1. The summed E-state index contributed by atoms with van der Waals surface area (Å²) in [6.45, 7) is 4.34. The number of ether oxygens (including phenoxy) is 2. The summed E-state index contributed by atoms with van der Waals surface area (Å²) in [6, 6.07) is 7.00. The average molecular weight is 264 g/mol. The molecule has 0 spiro atoms. The van der Waals surface area contributed by atoms with Gasteiger partial charge < -0.3 is 15.2 Å². The molecule has 1 fully saturated rings. The van der Waals surface area contributed by atoms with Crippen molar-refractivity contribution in [3.05, 3.63) is 29.3 Å². The van der Waals surface area contributed by atoms with Crippen LogP contribution in [0.1, 0.15) is 23.6 Å². The van der Waals surface area contributed by atoms with Gasteiger partial charge >= 0.3 is 0 Å². The maximum Gasteiger partial charge on any atom is 0.121 e. The van der Waals surface area contributed by atoms with Crippen molar-refractivity contribution in [1.29, 1.82) is 0 Å². The summed E-state index contributed by atoms with van der Waals surface area (Å²) < 4.78 is 10.8. The summed E-state index contributed by atoms with van der Waals surface area (Å²) in [5, 5.41) is 0. The monoisotopic (exact) mass is 264 g/mol. The summed E-state index contributed by atoms with van der Waals surface area (Å²) in [7, 11) is 3.83. The molecule has 0 aliphatic carbocycles. The van der Waals surface area contributed by atoms with E-state index in [-0.39, 0.29) is 6.04 Å². The van der Waals surface area contributed by atoms with Crippen LogP contribution in [0.25, 0.3) is 0 Å². The number of hydrogen-bond acceptors (Lipinski definition) is 4. The summed E-state index contributed by atoms with van der Waals surface area (Å²) in [5.41, 5.74) is 8.37. The Morgan fingerprint density at radius 1 is 1.53 bits per heavy atom. The SMILES string of the molecule is COc1ccc(C(CN)N(C)C2CCOC2)cc1C. The van der Waals surface area contributed by atoms with Gasteiger partial charge in [-0.05, 0) is 37.6 Å². The van der Waals surface area contributed by atoms with Crippen LogP contribution in [0.2, 0.25) is 0 Å². The van der Waals surface area contributed by atoms with Crippen molar-refractivity contribution in [2.45, 2.75) is 25.4 Å². The Labute approximate surface area is 115 Å². The summed E-state index contributed by atoms with van der Waals surface area (Å²) in [4.78, 5) is 2.34. The molecule has 2 atom stereocenters. The molecule has 0 bridgehead atoms. The molecule has 0 radical (unpaired) electrons. The van der Waals surface area contributed by atoms with Crippen molar-refractivity contribution >= 4 is 0 Å². The number of likely N-dealkylation sites (N-methyl/N-ethyl adjacent to an activating group) is 1. The van der Waals surface area contributed by atoms with Crippen LogP contribution in [0.5, 0.6) is 5.75 Å². The minimum absolute atomic E-state index is 0.233. The molecule has 1 aromatic rings. The molecule has 0 amide bonds. The van der Waals surface area contributed by atoms with E-state index in [2.05, 4.69) is 31.0 Å². The van der Waals surface area contributed by atoms with E-state index in [4.69, 9.17) is 15.2 Å². The van der Waals surface area contributed by atoms with E-state index in [1.807, 2.05) is 6.07 Å². The van der Waals surface area contributed by atoms with Crippen LogP contribution in [-0.2, 0) is 4.74 Å². The molecule has 2 N–H and O–H groups in total. The molecule has 1 heterocycles. The Morgan fingerprint density at radius 3 is 2.84 bits per heavy atom. The van der Waals surface area contributed by atoms with Gasteiger partial charge in [-0.15, -0.1) is 0 Å². The number of nitrogens with two attached hydrogens (primary N) is 1. The first-order valence-corrected chi connectivity index (χ1v) is 6.81. The van der Waals surface area contributed by atoms with Gasteiger partial charge in [-0.1, -0.05) is 12.1 Å². The van der Waals surface area contributed by atoms with Gasteiger partial charge in [0.25, 0.3) is 0 Å². The van der Waals surface area contributed by atoms with E-state index >= 15 is 0 Å². The second-order valence-electron chi connectivity index (χ2n) is 5.16. The lowest BCUT2D eigenvalue weighted by atomic mass is 10.0. The Bertz CT molecular complexity index is 417. The molecule has 106 valence electrons. The van der Waals surface area contributed by atoms with Crippen LogP contribution in [0.15, 0.2) is 18.2 Å². The highest BCUT2D eigenvalue weighted by Crippen LogP contribution is 2.27. The first-order valence-electron chi connectivity index (χ1n) is 6.81. The molecular weight excluding hydrogens is 240 g/mol. The van der Waals surface area contributed by atoms with Gasteiger partial charge in [-0.25, -0.2) is 0 Å². The number of methoxy groups -OCH3 is 1. The van der Waals surface area contributed by atoms with Gasteiger partial charge in [0.2, 0.25) is 0 Å². The van der Waals surface area contributed by atoms with E-state index in [0.29, 0.717) is 12.6 Å². The first kappa shape index (κ1) is 14.3. The minimum atomic E-state index is 0.233. The molecule has 0 aromatic heterocycles. The van der Waals surface area contributed by atoms with Crippen LogP contribution in [0.3, 0.4) is 0 Å². The van der Waals surface area contributed by atoms with Crippen LogP contribution < -0.4 is 10.5 Å². The van der Waals surface area contributed by atoms with E-state index in [0.717, 1.165) is 30.9 Å². The lowest BCUT2D eigenvalue weighted by Crippen LogP contribution is -2.39. The van der Waals surface area contributed by atoms with E-state index < -0.39 is 0 Å². The zero-order valence-electron chi connectivity index (χ0n) is 12.1. The van der Waals surface area contributed by atoms with Crippen LogP contribution >= 0.6 is 0 Å². The van der Waals surface area contributed by atoms with E-state index in [1.54, 1.807) is 7.11 Å². The molecule has 2 unspecified atom stereocenters.